The summed E-state index contributed by atoms with van der Waals surface area (Å²) in [6.45, 7) is 5.76. The molecule has 0 saturated heterocycles. The van der Waals surface area contributed by atoms with Crippen molar-refractivity contribution in [3.8, 4) is 17.8 Å². The lowest BCUT2D eigenvalue weighted by Crippen LogP contribution is -2.50. The van der Waals surface area contributed by atoms with E-state index in [4.69, 9.17) is 18.9 Å². The monoisotopic (exact) mass is 350 g/mol. The van der Waals surface area contributed by atoms with Gasteiger partial charge in [-0.3, -0.25) is 9.36 Å². The molecule has 0 fully saturated rings. The van der Waals surface area contributed by atoms with Gasteiger partial charge in [0, 0.05) is 19.0 Å². The van der Waals surface area contributed by atoms with Gasteiger partial charge in [0.05, 0.1) is 20.3 Å². The quantitative estimate of drug-likeness (QED) is 0.708. The first-order valence-corrected chi connectivity index (χ1v) is 7.71. The van der Waals surface area contributed by atoms with E-state index in [0.717, 1.165) is 0 Å². The Morgan fingerprint density at radius 1 is 1.24 bits per heavy atom. The van der Waals surface area contributed by atoms with Crippen LogP contribution in [-0.4, -0.2) is 58.0 Å². The Morgan fingerprint density at radius 2 is 1.88 bits per heavy atom. The van der Waals surface area contributed by atoms with Crippen LogP contribution in [0.4, 0.5) is 0 Å². The standard InChI is InChI=1S/C16H22N4O5/c1-6-24-16(2,3)13(14(21)20-8-7-17-10-20)25-15-18-11(22-4)9-12(19-15)23-5/h7-10,13H,6H2,1-5H3. The zero-order valence-corrected chi connectivity index (χ0v) is 14.9. The minimum absolute atomic E-state index is 0.0533. The highest BCUT2D eigenvalue weighted by Crippen LogP contribution is 2.24. The summed E-state index contributed by atoms with van der Waals surface area (Å²) in [6, 6.07) is 1.45. The molecule has 9 heteroatoms. The van der Waals surface area contributed by atoms with Gasteiger partial charge in [-0.1, -0.05) is 0 Å². The fraction of sp³-hybridized carbons (Fsp3) is 0.500. The van der Waals surface area contributed by atoms with Gasteiger partial charge in [0.1, 0.15) is 11.9 Å². The lowest BCUT2D eigenvalue weighted by Gasteiger charge is -2.32. The molecular formula is C16H22N4O5. The topological polar surface area (TPSA) is 97.6 Å². The van der Waals surface area contributed by atoms with Crippen LogP contribution in [-0.2, 0) is 4.74 Å². The Balaban J connectivity index is 2.38. The number of imidazole rings is 1. The number of methoxy groups -OCH3 is 2. The second-order valence-corrected chi connectivity index (χ2v) is 5.58. The molecule has 2 aromatic heterocycles. The zero-order valence-electron chi connectivity index (χ0n) is 14.9. The fourth-order valence-corrected chi connectivity index (χ4v) is 2.21. The molecule has 0 aliphatic heterocycles. The third-order valence-electron chi connectivity index (χ3n) is 3.43. The summed E-state index contributed by atoms with van der Waals surface area (Å²) in [4.78, 5) is 24.9. The Morgan fingerprint density at radius 3 is 2.36 bits per heavy atom. The summed E-state index contributed by atoms with van der Waals surface area (Å²) >= 11 is 0. The minimum Gasteiger partial charge on any atom is -0.481 e. The molecular weight excluding hydrogens is 328 g/mol. The normalized spacial score (nSPS) is 12.5. The van der Waals surface area contributed by atoms with Crippen LogP contribution in [0, 0.1) is 0 Å². The highest BCUT2D eigenvalue weighted by atomic mass is 16.6. The van der Waals surface area contributed by atoms with Crippen LogP contribution < -0.4 is 14.2 Å². The van der Waals surface area contributed by atoms with Gasteiger partial charge in [-0.25, -0.2) is 4.98 Å². The molecule has 0 aromatic carbocycles. The van der Waals surface area contributed by atoms with Crippen molar-refractivity contribution >= 4 is 5.91 Å². The number of carbonyl (C=O) groups is 1. The molecule has 0 bridgehead atoms. The number of carbonyl (C=O) groups excluding carboxylic acids is 1. The van der Waals surface area contributed by atoms with Crippen LogP contribution >= 0.6 is 0 Å². The predicted molar refractivity (Wildman–Crippen MR) is 88.1 cm³/mol. The van der Waals surface area contributed by atoms with E-state index in [-0.39, 0.29) is 23.7 Å². The molecule has 0 radical (unpaired) electrons. The Bertz CT molecular complexity index is 680. The molecule has 1 atom stereocenters. The van der Waals surface area contributed by atoms with Gasteiger partial charge in [0.25, 0.3) is 5.91 Å². The third-order valence-corrected chi connectivity index (χ3v) is 3.43. The average Bonchev–Trinajstić information content (AvgIpc) is 3.13. The van der Waals surface area contributed by atoms with E-state index in [9.17, 15) is 4.79 Å². The Labute approximate surface area is 145 Å². The molecule has 0 N–H and O–H groups in total. The maximum atomic E-state index is 12.8. The first-order valence-electron chi connectivity index (χ1n) is 7.71. The molecule has 0 aliphatic rings. The largest absolute Gasteiger partial charge is 0.481 e. The molecule has 25 heavy (non-hydrogen) atoms. The van der Waals surface area contributed by atoms with E-state index < -0.39 is 11.7 Å². The van der Waals surface area contributed by atoms with Gasteiger partial charge in [-0.2, -0.15) is 9.97 Å². The van der Waals surface area contributed by atoms with Gasteiger partial charge < -0.3 is 18.9 Å². The summed E-state index contributed by atoms with van der Waals surface area (Å²) in [6.07, 6.45) is 3.42. The lowest BCUT2D eigenvalue weighted by atomic mass is 10.0. The first kappa shape index (κ1) is 18.7. The zero-order chi connectivity index (χ0) is 18.4. The molecule has 2 rings (SSSR count). The van der Waals surface area contributed by atoms with Crippen molar-refractivity contribution in [1.82, 2.24) is 19.5 Å². The van der Waals surface area contributed by atoms with Crippen LogP contribution in [0.5, 0.6) is 17.8 Å². The molecule has 136 valence electrons. The molecule has 0 spiro atoms. The summed E-state index contributed by atoms with van der Waals surface area (Å²) < 4.78 is 23.0. The highest BCUT2D eigenvalue weighted by Gasteiger charge is 2.40. The molecule has 9 nitrogen and oxygen atoms in total. The van der Waals surface area contributed by atoms with Crippen molar-refractivity contribution in [2.75, 3.05) is 20.8 Å². The van der Waals surface area contributed by atoms with Gasteiger partial charge in [-0.15, -0.1) is 0 Å². The van der Waals surface area contributed by atoms with Crippen molar-refractivity contribution in [1.29, 1.82) is 0 Å². The van der Waals surface area contributed by atoms with Gasteiger partial charge in [0.15, 0.2) is 0 Å². The number of aromatic nitrogens is 4. The van der Waals surface area contributed by atoms with E-state index in [1.54, 1.807) is 13.8 Å². The van der Waals surface area contributed by atoms with Crippen LogP contribution in [0.25, 0.3) is 0 Å². The van der Waals surface area contributed by atoms with E-state index in [2.05, 4.69) is 15.0 Å². The Kier molecular flexibility index (Phi) is 5.92. The number of nitrogens with zero attached hydrogens (tertiary/aromatic N) is 4. The van der Waals surface area contributed by atoms with Gasteiger partial charge in [-0.05, 0) is 20.8 Å². The van der Waals surface area contributed by atoms with E-state index >= 15 is 0 Å². The third kappa shape index (κ3) is 4.44. The van der Waals surface area contributed by atoms with Crippen molar-refractivity contribution in [2.24, 2.45) is 0 Å². The molecule has 0 aliphatic carbocycles. The van der Waals surface area contributed by atoms with Crippen LogP contribution in [0.2, 0.25) is 0 Å². The van der Waals surface area contributed by atoms with Gasteiger partial charge >= 0.3 is 6.01 Å². The highest BCUT2D eigenvalue weighted by molar-refractivity contribution is 5.84. The molecule has 2 heterocycles. The van der Waals surface area contributed by atoms with Crippen LogP contribution in [0.3, 0.4) is 0 Å². The van der Waals surface area contributed by atoms with Crippen LogP contribution in [0.15, 0.2) is 24.8 Å². The Hall–Kier alpha value is -2.68. The fourth-order valence-electron chi connectivity index (χ4n) is 2.21. The smallest absolute Gasteiger partial charge is 0.323 e. The van der Waals surface area contributed by atoms with E-state index in [1.165, 1.54) is 43.6 Å². The summed E-state index contributed by atoms with van der Waals surface area (Å²) in [5.41, 5.74) is -0.935. The summed E-state index contributed by atoms with van der Waals surface area (Å²) in [5.74, 6) is 0.149. The second-order valence-electron chi connectivity index (χ2n) is 5.58. The molecule has 0 amide bonds. The first-order chi connectivity index (χ1) is 11.9. The number of rotatable bonds is 8. The molecule has 1 unspecified atom stereocenters. The van der Waals surface area contributed by atoms with Crippen molar-refractivity contribution in [3.05, 3.63) is 24.8 Å². The molecule has 2 aromatic rings. The lowest BCUT2D eigenvalue weighted by molar-refractivity contribution is -0.0768. The summed E-state index contributed by atoms with van der Waals surface area (Å²) in [7, 11) is 2.92. The van der Waals surface area contributed by atoms with E-state index in [1.807, 2.05) is 6.92 Å². The van der Waals surface area contributed by atoms with Crippen LogP contribution in [0.1, 0.15) is 25.6 Å². The number of ether oxygens (including phenoxy) is 4. The van der Waals surface area contributed by atoms with Crippen molar-refractivity contribution < 1.29 is 23.7 Å². The predicted octanol–water partition coefficient (Wildman–Crippen LogP) is 1.59. The van der Waals surface area contributed by atoms with E-state index in [0.29, 0.717) is 6.61 Å². The maximum Gasteiger partial charge on any atom is 0.323 e. The van der Waals surface area contributed by atoms with Crippen molar-refractivity contribution in [2.45, 2.75) is 32.5 Å². The molecule has 0 saturated carbocycles. The maximum absolute atomic E-state index is 12.8. The van der Waals surface area contributed by atoms with Gasteiger partial charge in [0.2, 0.25) is 17.9 Å². The minimum atomic E-state index is -1.02. The number of hydrogen-bond acceptors (Lipinski definition) is 8. The van der Waals surface area contributed by atoms with Crippen molar-refractivity contribution in [3.63, 3.8) is 0 Å². The average molecular weight is 350 g/mol. The number of hydrogen-bond donors (Lipinski definition) is 0. The summed E-state index contributed by atoms with van der Waals surface area (Å²) in [5, 5.41) is 0. The second kappa shape index (κ2) is 7.93. The SMILES string of the molecule is CCOC(C)(C)C(Oc1nc(OC)cc(OC)n1)C(=O)n1ccnc1.